The average molecular weight is 192 g/mol. The van der Waals surface area contributed by atoms with Crippen LogP contribution in [0.15, 0.2) is 30.3 Å². The molecule has 0 saturated carbocycles. The molecule has 0 bridgehead atoms. The first-order valence-electron chi connectivity index (χ1n) is 5.20. The molecule has 0 aliphatic carbocycles. The Morgan fingerprint density at radius 2 is 2.14 bits per heavy atom. The minimum Gasteiger partial charge on any atom is -0.390 e. The van der Waals surface area contributed by atoms with Crippen molar-refractivity contribution < 1.29 is 9.84 Å². The number of ether oxygens (including phenoxy) is 1. The molecule has 1 fully saturated rings. The van der Waals surface area contributed by atoms with Crippen molar-refractivity contribution in [2.45, 2.75) is 31.5 Å². The number of aliphatic hydroxyl groups excluding tert-OH is 1. The summed E-state index contributed by atoms with van der Waals surface area (Å²) in [7, 11) is 0. The zero-order valence-corrected chi connectivity index (χ0v) is 8.23. The van der Waals surface area contributed by atoms with Crippen molar-refractivity contribution in [2.75, 3.05) is 6.61 Å². The van der Waals surface area contributed by atoms with E-state index in [1.807, 2.05) is 30.3 Å². The van der Waals surface area contributed by atoms with Crippen LogP contribution in [0.3, 0.4) is 0 Å². The summed E-state index contributed by atoms with van der Waals surface area (Å²) in [6, 6.07) is 10.1. The molecule has 2 nitrogen and oxygen atoms in total. The number of aliphatic hydroxyl groups is 1. The van der Waals surface area contributed by atoms with Crippen molar-refractivity contribution in [3.8, 4) is 0 Å². The molecule has 0 aromatic heterocycles. The molecule has 1 aliphatic heterocycles. The van der Waals surface area contributed by atoms with Crippen molar-refractivity contribution in [1.82, 2.24) is 0 Å². The second kappa shape index (κ2) is 4.58. The highest BCUT2D eigenvalue weighted by atomic mass is 16.5. The van der Waals surface area contributed by atoms with Gasteiger partial charge >= 0.3 is 0 Å². The van der Waals surface area contributed by atoms with E-state index < -0.39 is 0 Å². The lowest BCUT2D eigenvalue weighted by Crippen LogP contribution is -2.27. The Labute approximate surface area is 84.5 Å². The van der Waals surface area contributed by atoms with Gasteiger partial charge in [0.2, 0.25) is 0 Å². The molecule has 1 aromatic rings. The Bertz CT molecular complexity index is 265. The Hall–Kier alpha value is -0.860. The fraction of sp³-hybridized carbons (Fsp3) is 0.500. The van der Waals surface area contributed by atoms with E-state index in [4.69, 9.17) is 4.74 Å². The summed E-state index contributed by atoms with van der Waals surface area (Å²) < 4.78 is 5.44. The van der Waals surface area contributed by atoms with E-state index in [-0.39, 0.29) is 12.2 Å². The summed E-state index contributed by atoms with van der Waals surface area (Å²) in [6.45, 7) is 0.802. The van der Waals surface area contributed by atoms with E-state index in [2.05, 4.69) is 0 Å². The standard InChI is InChI=1S/C12H16O2/c13-11(12-7-4-8-14-12)9-10-5-2-1-3-6-10/h1-3,5-6,11-13H,4,7-9H2. The molecule has 0 radical (unpaired) electrons. The second-order valence-electron chi connectivity index (χ2n) is 3.81. The van der Waals surface area contributed by atoms with Gasteiger partial charge in [0.1, 0.15) is 0 Å². The van der Waals surface area contributed by atoms with Crippen LogP contribution >= 0.6 is 0 Å². The molecular weight excluding hydrogens is 176 g/mol. The lowest BCUT2D eigenvalue weighted by molar-refractivity contribution is -0.000771. The molecule has 0 spiro atoms. The van der Waals surface area contributed by atoms with E-state index in [0.717, 1.165) is 19.4 Å². The second-order valence-corrected chi connectivity index (χ2v) is 3.81. The van der Waals surface area contributed by atoms with Gasteiger partial charge in [0, 0.05) is 13.0 Å². The first kappa shape index (κ1) is 9.69. The van der Waals surface area contributed by atoms with Gasteiger partial charge < -0.3 is 9.84 Å². The maximum absolute atomic E-state index is 9.88. The Morgan fingerprint density at radius 3 is 2.79 bits per heavy atom. The summed E-state index contributed by atoms with van der Waals surface area (Å²) in [5.41, 5.74) is 1.18. The molecule has 1 heterocycles. The van der Waals surface area contributed by atoms with Gasteiger partial charge in [-0.1, -0.05) is 30.3 Å². The Kier molecular flexibility index (Phi) is 3.17. The predicted octanol–water partition coefficient (Wildman–Crippen LogP) is 1.77. The van der Waals surface area contributed by atoms with Crippen molar-refractivity contribution in [1.29, 1.82) is 0 Å². The number of benzene rings is 1. The van der Waals surface area contributed by atoms with Gasteiger partial charge in [0.05, 0.1) is 12.2 Å². The van der Waals surface area contributed by atoms with Crippen molar-refractivity contribution in [3.63, 3.8) is 0 Å². The summed E-state index contributed by atoms with van der Waals surface area (Å²) in [4.78, 5) is 0. The molecule has 1 aliphatic rings. The summed E-state index contributed by atoms with van der Waals surface area (Å²) in [6.07, 6.45) is 2.48. The zero-order valence-electron chi connectivity index (χ0n) is 8.23. The first-order chi connectivity index (χ1) is 6.86. The lowest BCUT2D eigenvalue weighted by Gasteiger charge is -2.17. The van der Waals surface area contributed by atoms with Crippen LogP contribution in [0.4, 0.5) is 0 Å². The topological polar surface area (TPSA) is 29.5 Å². The number of hydrogen-bond acceptors (Lipinski definition) is 2. The van der Waals surface area contributed by atoms with Crippen molar-refractivity contribution >= 4 is 0 Å². The Morgan fingerprint density at radius 1 is 1.36 bits per heavy atom. The van der Waals surface area contributed by atoms with Crippen LogP contribution in [0.2, 0.25) is 0 Å². The minimum absolute atomic E-state index is 0.0511. The molecule has 2 heteroatoms. The van der Waals surface area contributed by atoms with Crippen molar-refractivity contribution in [2.24, 2.45) is 0 Å². The van der Waals surface area contributed by atoms with E-state index in [1.165, 1.54) is 5.56 Å². The van der Waals surface area contributed by atoms with Gasteiger partial charge in [-0.25, -0.2) is 0 Å². The van der Waals surface area contributed by atoms with Crippen LogP contribution in [-0.2, 0) is 11.2 Å². The van der Waals surface area contributed by atoms with Crippen LogP contribution in [0.1, 0.15) is 18.4 Å². The maximum Gasteiger partial charge on any atom is 0.0842 e. The van der Waals surface area contributed by atoms with Gasteiger partial charge in [-0.2, -0.15) is 0 Å². The van der Waals surface area contributed by atoms with Crippen LogP contribution in [0.25, 0.3) is 0 Å². The van der Waals surface area contributed by atoms with Crippen LogP contribution in [0, 0.1) is 0 Å². The third kappa shape index (κ3) is 2.34. The molecule has 76 valence electrons. The fourth-order valence-electron chi connectivity index (χ4n) is 1.89. The van der Waals surface area contributed by atoms with Gasteiger partial charge in [-0.15, -0.1) is 0 Å². The van der Waals surface area contributed by atoms with Gasteiger partial charge in [-0.3, -0.25) is 0 Å². The fourth-order valence-corrected chi connectivity index (χ4v) is 1.89. The SMILES string of the molecule is OC(Cc1ccccc1)C1CCCO1. The summed E-state index contributed by atoms with van der Waals surface area (Å²) >= 11 is 0. The lowest BCUT2D eigenvalue weighted by atomic mass is 10.0. The van der Waals surface area contributed by atoms with Crippen molar-refractivity contribution in [3.05, 3.63) is 35.9 Å². The van der Waals surface area contributed by atoms with E-state index in [9.17, 15) is 5.11 Å². The third-order valence-corrected chi connectivity index (χ3v) is 2.68. The van der Waals surface area contributed by atoms with Gasteiger partial charge in [0.15, 0.2) is 0 Å². The Balaban J connectivity index is 1.90. The molecular formula is C12H16O2. The minimum atomic E-state index is -0.347. The molecule has 1 N–H and O–H groups in total. The molecule has 1 saturated heterocycles. The van der Waals surface area contributed by atoms with Gasteiger partial charge in [0.25, 0.3) is 0 Å². The monoisotopic (exact) mass is 192 g/mol. The molecule has 0 amide bonds. The molecule has 2 atom stereocenters. The van der Waals surface area contributed by atoms with Crippen LogP contribution in [-0.4, -0.2) is 23.9 Å². The summed E-state index contributed by atoms with van der Waals surface area (Å²) in [5, 5.41) is 9.88. The highest BCUT2D eigenvalue weighted by Gasteiger charge is 2.23. The quantitative estimate of drug-likeness (QED) is 0.791. The molecule has 2 rings (SSSR count). The summed E-state index contributed by atoms with van der Waals surface area (Å²) in [5.74, 6) is 0. The first-order valence-corrected chi connectivity index (χ1v) is 5.20. The maximum atomic E-state index is 9.88. The highest BCUT2D eigenvalue weighted by Crippen LogP contribution is 2.18. The number of hydrogen-bond donors (Lipinski definition) is 1. The zero-order chi connectivity index (χ0) is 9.80. The largest absolute Gasteiger partial charge is 0.390 e. The van der Waals surface area contributed by atoms with Crippen LogP contribution in [0.5, 0.6) is 0 Å². The average Bonchev–Trinajstić information content (AvgIpc) is 2.72. The number of rotatable bonds is 3. The van der Waals surface area contributed by atoms with E-state index in [0.29, 0.717) is 6.42 Å². The van der Waals surface area contributed by atoms with E-state index in [1.54, 1.807) is 0 Å². The smallest absolute Gasteiger partial charge is 0.0842 e. The predicted molar refractivity (Wildman–Crippen MR) is 55.1 cm³/mol. The van der Waals surface area contributed by atoms with E-state index >= 15 is 0 Å². The van der Waals surface area contributed by atoms with Crippen LogP contribution < -0.4 is 0 Å². The highest BCUT2D eigenvalue weighted by molar-refractivity contribution is 5.15. The molecule has 14 heavy (non-hydrogen) atoms. The van der Waals surface area contributed by atoms with Gasteiger partial charge in [-0.05, 0) is 18.4 Å². The molecule has 1 aromatic carbocycles. The molecule has 2 unspecified atom stereocenters. The third-order valence-electron chi connectivity index (χ3n) is 2.68. The normalized spacial score (nSPS) is 23.6.